The van der Waals surface area contributed by atoms with E-state index in [4.69, 9.17) is 5.11 Å². The summed E-state index contributed by atoms with van der Waals surface area (Å²) in [5, 5.41) is 14.2. The monoisotopic (exact) mass is 315 g/mol. The fourth-order valence-corrected chi connectivity index (χ4v) is 3.19. The number of rotatable bonds is 5. The van der Waals surface area contributed by atoms with Gasteiger partial charge < -0.3 is 10.0 Å². The number of aromatic nitrogens is 2. The summed E-state index contributed by atoms with van der Waals surface area (Å²) in [6, 6.07) is 7.79. The van der Waals surface area contributed by atoms with Gasteiger partial charge >= 0.3 is 5.97 Å². The molecule has 122 valence electrons. The van der Waals surface area contributed by atoms with E-state index in [2.05, 4.69) is 5.10 Å². The molecule has 1 unspecified atom stereocenters. The summed E-state index contributed by atoms with van der Waals surface area (Å²) in [6.45, 7) is 1.65. The Morgan fingerprint density at radius 3 is 2.91 bits per heavy atom. The average molecular weight is 315 g/mol. The number of likely N-dealkylation sites (tertiary alicyclic amines) is 1. The highest BCUT2D eigenvalue weighted by Crippen LogP contribution is 2.21. The maximum absolute atomic E-state index is 12.5. The van der Waals surface area contributed by atoms with Crippen LogP contribution in [-0.4, -0.2) is 44.8 Å². The first kappa shape index (κ1) is 15.5. The number of carboxylic acid groups (broad SMARTS) is 1. The number of hydrogen-bond acceptors (Lipinski definition) is 3. The minimum atomic E-state index is -0.767. The molecule has 0 aliphatic carbocycles. The molecule has 2 aromatic rings. The van der Waals surface area contributed by atoms with Crippen LogP contribution >= 0.6 is 0 Å². The van der Waals surface area contributed by atoms with Gasteiger partial charge in [-0.25, -0.2) is 0 Å². The standard InChI is InChI=1S/C17H21N3O3/c21-16(12-20-11-14-5-1-2-6-15(14)18-20)19-9-3-4-13(10-19)7-8-17(22)23/h1-2,5-6,11,13H,3-4,7-10,12H2,(H,22,23). The molecule has 0 bridgehead atoms. The molecule has 1 saturated heterocycles. The Kier molecular flexibility index (Phi) is 4.60. The van der Waals surface area contributed by atoms with Gasteiger partial charge in [-0.2, -0.15) is 5.10 Å². The van der Waals surface area contributed by atoms with E-state index in [1.165, 1.54) is 0 Å². The summed E-state index contributed by atoms with van der Waals surface area (Å²) < 4.78 is 1.69. The second-order valence-corrected chi connectivity index (χ2v) is 6.17. The Balaban J connectivity index is 1.59. The Hall–Kier alpha value is -2.37. The van der Waals surface area contributed by atoms with Crippen molar-refractivity contribution < 1.29 is 14.7 Å². The Labute approximate surface area is 134 Å². The van der Waals surface area contributed by atoms with E-state index in [0.29, 0.717) is 18.9 Å². The van der Waals surface area contributed by atoms with Gasteiger partial charge in [0.05, 0.1) is 5.52 Å². The molecule has 6 heteroatoms. The summed E-state index contributed by atoms with van der Waals surface area (Å²) in [5.41, 5.74) is 0.887. The molecule has 1 aromatic heterocycles. The van der Waals surface area contributed by atoms with Crippen molar-refractivity contribution in [3.8, 4) is 0 Å². The fraction of sp³-hybridized carbons (Fsp3) is 0.471. The zero-order valence-corrected chi connectivity index (χ0v) is 13.0. The molecule has 1 aromatic carbocycles. The van der Waals surface area contributed by atoms with Crippen molar-refractivity contribution in [1.82, 2.24) is 14.7 Å². The highest BCUT2D eigenvalue weighted by atomic mass is 16.4. The quantitative estimate of drug-likeness (QED) is 0.917. The fourth-order valence-electron chi connectivity index (χ4n) is 3.19. The number of carbonyl (C=O) groups excluding carboxylic acids is 1. The van der Waals surface area contributed by atoms with Crippen molar-refractivity contribution in [2.24, 2.45) is 5.92 Å². The third kappa shape index (κ3) is 3.88. The minimum Gasteiger partial charge on any atom is -0.481 e. The lowest BCUT2D eigenvalue weighted by Crippen LogP contribution is -2.41. The smallest absolute Gasteiger partial charge is 0.303 e. The molecule has 1 fully saturated rings. The number of carboxylic acids is 1. The van der Waals surface area contributed by atoms with Crippen molar-refractivity contribution >= 4 is 22.8 Å². The van der Waals surface area contributed by atoms with E-state index >= 15 is 0 Å². The summed E-state index contributed by atoms with van der Waals surface area (Å²) in [4.78, 5) is 25.0. The summed E-state index contributed by atoms with van der Waals surface area (Å²) in [7, 11) is 0. The predicted molar refractivity (Wildman–Crippen MR) is 85.9 cm³/mol. The lowest BCUT2D eigenvalue weighted by atomic mass is 9.93. The number of fused-ring (bicyclic) bond motifs is 1. The summed E-state index contributed by atoms with van der Waals surface area (Å²) in [5.74, 6) is -0.421. The van der Waals surface area contributed by atoms with Crippen LogP contribution in [0.2, 0.25) is 0 Å². The second kappa shape index (κ2) is 6.81. The zero-order valence-electron chi connectivity index (χ0n) is 13.0. The third-order valence-corrected chi connectivity index (χ3v) is 4.40. The predicted octanol–water partition coefficient (Wildman–Crippen LogP) is 2.14. The van der Waals surface area contributed by atoms with E-state index < -0.39 is 5.97 Å². The number of nitrogens with zero attached hydrogens (tertiary/aromatic N) is 3. The molecule has 1 N–H and O–H groups in total. The van der Waals surface area contributed by atoms with Crippen molar-refractivity contribution in [3.63, 3.8) is 0 Å². The Morgan fingerprint density at radius 2 is 2.13 bits per heavy atom. The van der Waals surface area contributed by atoms with E-state index in [0.717, 1.165) is 30.3 Å². The highest BCUT2D eigenvalue weighted by Gasteiger charge is 2.24. The SMILES string of the molecule is O=C(O)CCC1CCCN(C(=O)Cn2cc3ccccc3n2)C1. The van der Waals surface area contributed by atoms with Gasteiger partial charge in [0.15, 0.2) is 0 Å². The topological polar surface area (TPSA) is 75.4 Å². The Bertz CT molecular complexity index is 677. The van der Waals surface area contributed by atoms with Gasteiger partial charge in [0.1, 0.15) is 6.54 Å². The first-order chi connectivity index (χ1) is 11.1. The molecule has 1 atom stereocenters. The molecule has 1 aliphatic heterocycles. The average Bonchev–Trinajstić information content (AvgIpc) is 2.95. The van der Waals surface area contributed by atoms with Crippen molar-refractivity contribution in [1.29, 1.82) is 0 Å². The maximum Gasteiger partial charge on any atom is 0.303 e. The van der Waals surface area contributed by atoms with Crippen molar-refractivity contribution in [3.05, 3.63) is 30.5 Å². The molecule has 0 saturated carbocycles. The van der Waals surface area contributed by atoms with Gasteiger partial charge in [0.2, 0.25) is 5.91 Å². The highest BCUT2D eigenvalue weighted by molar-refractivity contribution is 5.80. The molecule has 1 aliphatic rings. The second-order valence-electron chi connectivity index (χ2n) is 6.17. The van der Waals surface area contributed by atoms with Crippen LogP contribution in [0.4, 0.5) is 0 Å². The van der Waals surface area contributed by atoms with Crippen LogP contribution < -0.4 is 0 Å². The third-order valence-electron chi connectivity index (χ3n) is 4.40. The van der Waals surface area contributed by atoms with E-state index in [1.54, 1.807) is 4.68 Å². The summed E-state index contributed by atoms with van der Waals surface area (Å²) >= 11 is 0. The number of benzene rings is 1. The number of carbonyl (C=O) groups is 2. The molecule has 0 spiro atoms. The van der Waals surface area contributed by atoms with Gasteiger partial charge in [0.25, 0.3) is 0 Å². The molecule has 1 amide bonds. The van der Waals surface area contributed by atoms with Crippen LogP contribution in [0, 0.1) is 5.92 Å². The number of piperidine rings is 1. The molecule has 3 rings (SSSR count). The van der Waals surface area contributed by atoms with Crippen LogP contribution in [-0.2, 0) is 16.1 Å². The Morgan fingerprint density at radius 1 is 1.30 bits per heavy atom. The van der Waals surface area contributed by atoms with Crippen LogP contribution in [0.3, 0.4) is 0 Å². The molecule has 0 radical (unpaired) electrons. The van der Waals surface area contributed by atoms with Gasteiger partial charge in [-0.3, -0.25) is 14.3 Å². The van der Waals surface area contributed by atoms with Gasteiger partial charge in [-0.05, 0) is 31.2 Å². The van der Waals surface area contributed by atoms with E-state index in [1.807, 2.05) is 35.4 Å². The molecule has 2 heterocycles. The van der Waals surface area contributed by atoms with E-state index in [9.17, 15) is 9.59 Å². The van der Waals surface area contributed by atoms with Crippen LogP contribution in [0.1, 0.15) is 25.7 Å². The van der Waals surface area contributed by atoms with Gasteiger partial charge in [-0.15, -0.1) is 0 Å². The maximum atomic E-state index is 12.5. The largest absolute Gasteiger partial charge is 0.481 e. The van der Waals surface area contributed by atoms with Crippen LogP contribution in [0.15, 0.2) is 30.5 Å². The minimum absolute atomic E-state index is 0.0535. The van der Waals surface area contributed by atoms with Crippen LogP contribution in [0.5, 0.6) is 0 Å². The lowest BCUT2D eigenvalue weighted by Gasteiger charge is -2.32. The number of amides is 1. The first-order valence-corrected chi connectivity index (χ1v) is 8.03. The normalized spacial score (nSPS) is 18.3. The zero-order chi connectivity index (χ0) is 16.2. The molecular weight excluding hydrogens is 294 g/mol. The first-order valence-electron chi connectivity index (χ1n) is 8.03. The lowest BCUT2D eigenvalue weighted by molar-refractivity contribution is -0.137. The summed E-state index contributed by atoms with van der Waals surface area (Å²) in [6.07, 6.45) is 4.65. The van der Waals surface area contributed by atoms with Crippen molar-refractivity contribution in [2.45, 2.75) is 32.2 Å². The van der Waals surface area contributed by atoms with Crippen molar-refractivity contribution in [2.75, 3.05) is 13.1 Å². The number of aliphatic carboxylic acids is 1. The number of hydrogen-bond donors (Lipinski definition) is 1. The van der Waals surface area contributed by atoms with Gasteiger partial charge in [-0.1, -0.05) is 18.2 Å². The molecule has 6 nitrogen and oxygen atoms in total. The molecule has 23 heavy (non-hydrogen) atoms. The molecular formula is C17H21N3O3. The van der Waals surface area contributed by atoms with Crippen LogP contribution in [0.25, 0.3) is 10.9 Å². The van der Waals surface area contributed by atoms with Gasteiger partial charge in [0, 0.05) is 31.1 Å². The van der Waals surface area contributed by atoms with E-state index in [-0.39, 0.29) is 18.9 Å².